The summed E-state index contributed by atoms with van der Waals surface area (Å²) in [4.78, 5) is 14.6. The summed E-state index contributed by atoms with van der Waals surface area (Å²) in [6.45, 7) is 0.594. The van der Waals surface area contributed by atoms with Crippen LogP contribution >= 0.6 is 11.6 Å². The van der Waals surface area contributed by atoms with Gasteiger partial charge in [0.1, 0.15) is 17.8 Å². The van der Waals surface area contributed by atoms with E-state index in [9.17, 15) is 18.0 Å². The quantitative estimate of drug-likeness (QED) is 0.651. The van der Waals surface area contributed by atoms with Crippen molar-refractivity contribution in [1.82, 2.24) is 9.66 Å². The number of ether oxygens (including phenoxy) is 1. The van der Waals surface area contributed by atoms with Gasteiger partial charge in [-0.1, -0.05) is 23.7 Å². The highest BCUT2D eigenvalue weighted by Crippen LogP contribution is 2.37. The molecule has 9 heteroatoms. The Kier molecular flexibility index (Phi) is 5.89. The lowest BCUT2D eigenvalue weighted by molar-refractivity contribution is -0.137. The van der Waals surface area contributed by atoms with Crippen LogP contribution in [0.1, 0.15) is 11.1 Å². The standard InChI is InChI=1S/C19H15ClF3N3O2/c20-17-6-5-15(11-16(17)19(21,22)23)28-14-3-1-13(2-4-14)7-9-25-26-10-8-18(27)24-12-26/h1-6,8,10-12,25H,7,9H2. The molecule has 0 aliphatic carbocycles. The first-order valence-electron chi connectivity index (χ1n) is 8.23. The largest absolute Gasteiger partial charge is 0.457 e. The third-order valence-corrected chi connectivity index (χ3v) is 4.13. The van der Waals surface area contributed by atoms with Crippen molar-refractivity contribution in [1.29, 1.82) is 0 Å². The van der Waals surface area contributed by atoms with Crippen molar-refractivity contribution in [2.75, 3.05) is 12.0 Å². The van der Waals surface area contributed by atoms with E-state index in [-0.39, 0.29) is 16.3 Å². The molecule has 0 aliphatic heterocycles. The van der Waals surface area contributed by atoms with E-state index in [2.05, 4.69) is 10.4 Å². The molecule has 0 amide bonds. The minimum atomic E-state index is -4.55. The highest BCUT2D eigenvalue weighted by Gasteiger charge is 2.33. The van der Waals surface area contributed by atoms with Crippen LogP contribution in [-0.4, -0.2) is 16.2 Å². The maximum absolute atomic E-state index is 12.9. The zero-order valence-corrected chi connectivity index (χ0v) is 15.2. The smallest absolute Gasteiger partial charge is 0.417 e. The monoisotopic (exact) mass is 409 g/mol. The number of benzene rings is 2. The highest BCUT2D eigenvalue weighted by molar-refractivity contribution is 6.31. The molecule has 5 nitrogen and oxygen atoms in total. The lowest BCUT2D eigenvalue weighted by atomic mass is 10.1. The molecule has 3 rings (SSSR count). The molecule has 146 valence electrons. The van der Waals surface area contributed by atoms with Crippen LogP contribution in [0.5, 0.6) is 11.5 Å². The van der Waals surface area contributed by atoms with Gasteiger partial charge in [-0.2, -0.15) is 18.2 Å². The molecule has 0 fully saturated rings. The minimum Gasteiger partial charge on any atom is -0.457 e. The molecule has 3 aromatic rings. The third kappa shape index (κ3) is 5.26. The zero-order valence-electron chi connectivity index (χ0n) is 14.4. The number of hydrogen-bond donors (Lipinski definition) is 1. The Balaban J connectivity index is 1.58. The summed E-state index contributed by atoms with van der Waals surface area (Å²) >= 11 is 5.60. The summed E-state index contributed by atoms with van der Waals surface area (Å²) in [6, 6.07) is 11.8. The maximum Gasteiger partial charge on any atom is 0.417 e. The number of halogens is 4. The molecular weight excluding hydrogens is 395 g/mol. The van der Waals surface area contributed by atoms with Crippen molar-refractivity contribution in [3.05, 3.63) is 87.6 Å². The van der Waals surface area contributed by atoms with Crippen molar-refractivity contribution in [2.45, 2.75) is 12.6 Å². The van der Waals surface area contributed by atoms with E-state index in [4.69, 9.17) is 16.3 Å². The lowest BCUT2D eigenvalue weighted by Crippen LogP contribution is -2.20. The van der Waals surface area contributed by atoms with Crippen LogP contribution in [0.2, 0.25) is 5.02 Å². The predicted molar refractivity (Wildman–Crippen MR) is 99.4 cm³/mol. The number of rotatable bonds is 6. The Bertz CT molecular complexity index is 984. The number of hydrogen-bond acceptors (Lipinski definition) is 4. The molecule has 0 saturated carbocycles. The van der Waals surface area contributed by atoms with Gasteiger partial charge < -0.3 is 10.2 Å². The van der Waals surface area contributed by atoms with E-state index in [1.165, 1.54) is 18.5 Å². The Labute approximate surface area is 163 Å². The predicted octanol–water partition coefficient (Wildman–Crippen LogP) is 4.49. The summed E-state index contributed by atoms with van der Waals surface area (Å²) < 4.78 is 45.8. The Morgan fingerprint density at radius 1 is 1.07 bits per heavy atom. The average molecular weight is 410 g/mol. The SMILES string of the molecule is O=c1ccn(NCCc2ccc(Oc3ccc(Cl)c(C(F)(F)F)c3)cc2)cn1. The van der Waals surface area contributed by atoms with Crippen molar-refractivity contribution in [3.63, 3.8) is 0 Å². The molecule has 0 aliphatic rings. The van der Waals surface area contributed by atoms with E-state index >= 15 is 0 Å². The molecule has 0 bridgehead atoms. The van der Waals surface area contributed by atoms with Crippen LogP contribution in [-0.2, 0) is 12.6 Å². The zero-order chi connectivity index (χ0) is 20.1. The second kappa shape index (κ2) is 8.35. The molecule has 1 N–H and O–H groups in total. The fourth-order valence-corrected chi connectivity index (χ4v) is 2.64. The summed E-state index contributed by atoms with van der Waals surface area (Å²) in [5, 5.41) is -0.374. The Hall–Kier alpha value is -3.00. The van der Waals surface area contributed by atoms with Gasteiger partial charge in [-0.15, -0.1) is 0 Å². The molecule has 28 heavy (non-hydrogen) atoms. The second-order valence-electron chi connectivity index (χ2n) is 5.85. The van der Waals surface area contributed by atoms with Crippen LogP contribution in [0.15, 0.2) is 65.8 Å². The van der Waals surface area contributed by atoms with E-state index in [1.807, 2.05) is 12.1 Å². The highest BCUT2D eigenvalue weighted by atomic mass is 35.5. The van der Waals surface area contributed by atoms with Crippen LogP contribution in [0.4, 0.5) is 13.2 Å². The fourth-order valence-electron chi connectivity index (χ4n) is 2.41. The van der Waals surface area contributed by atoms with E-state index in [1.54, 1.807) is 23.0 Å². The first-order chi connectivity index (χ1) is 13.3. The fraction of sp³-hybridized carbons (Fsp3) is 0.158. The average Bonchev–Trinajstić information content (AvgIpc) is 2.65. The Morgan fingerprint density at radius 3 is 2.43 bits per heavy atom. The molecule has 0 unspecified atom stereocenters. The number of alkyl halides is 3. The molecule has 0 atom stereocenters. The van der Waals surface area contributed by atoms with E-state index < -0.39 is 11.7 Å². The van der Waals surface area contributed by atoms with E-state index in [0.717, 1.165) is 17.7 Å². The molecule has 0 saturated heterocycles. The minimum absolute atomic E-state index is 0.0526. The van der Waals surface area contributed by atoms with Gasteiger partial charge in [-0.05, 0) is 42.3 Å². The molecule has 1 aromatic heterocycles. The van der Waals surface area contributed by atoms with Crippen molar-refractivity contribution < 1.29 is 17.9 Å². The van der Waals surface area contributed by atoms with Gasteiger partial charge in [0, 0.05) is 18.8 Å². The molecule has 0 radical (unpaired) electrons. The second-order valence-corrected chi connectivity index (χ2v) is 6.26. The van der Waals surface area contributed by atoms with Crippen molar-refractivity contribution in [3.8, 4) is 11.5 Å². The molecule has 1 heterocycles. The van der Waals surface area contributed by atoms with Gasteiger partial charge >= 0.3 is 6.18 Å². The normalized spacial score (nSPS) is 11.3. The first-order valence-corrected chi connectivity index (χ1v) is 8.61. The summed E-state index contributed by atoms with van der Waals surface area (Å²) in [6.07, 6.45) is -0.894. The Morgan fingerprint density at radius 2 is 1.79 bits per heavy atom. The third-order valence-electron chi connectivity index (χ3n) is 3.80. The van der Waals surface area contributed by atoms with Gasteiger partial charge in [0.05, 0.1) is 10.6 Å². The molecule has 0 spiro atoms. The van der Waals surface area contributed by atoms with Gasteiger partial charge in [0.25, 0.3) is 5.56 Å². The maximum atomic E-state index is 12.9. The number of nitrogens with zero attached hydrogens (tertiary/aromatic N) is 2. The number of aromatic nitrogens is 2. The number of nitrogens with one attached hydrogen (secondary N) is 1. The van der Waals surface area contributed by atoms with Crippen LogP contribution < -0.4 is 15.7 Å². The van der Waals surface area contributed by atoms with Crippen molar-refractivity contribution in [2.24, 2.45) is 0 Å². The summed E-state index contributed by atoms with van der Waals surface area (Å²) in [5.41, 5.74) is 2.82. The van der Waals surface area contributed by atoms with Gasteiger partial charge in [0.2, 0.25) is 0 Å². The van der Waals surface area contributed by atoms with Crippen LogP contribution in [0.3, 0.4) is 0 Å². The summed E-state index contributed by atoms with van der Waals surface area (Å²) in [7, 11) is 0. The molecule has 2 aromatic carbocycles. The first kappa shape index (κ1) is 19.8. The summed E-state index contributed by atoms with van der Waals surface area (Å²) in [5.74, 6) is 0.466. The lowest BCUT2D eigenvalue weighted by Gasteiger charge is -2.12. The van der Waals surface area contributed by atoms with Gasteiger partial charge in [0.15, 0.2) is 0 Å². The van der Waals surface area contributed by atoms with Crippen LogP contribution in [0.25, 0.3) is 0 Å². The molecular formula is C19H15ClF3N3O2. The van der Waals surface area contributed by atoms with Gasteiger partial charge in [-0.3, -0.25) is 9.47 Å². The van der Waals surface area contributed by atoms with Crippen molar-refractivity contribution >= 4 is 11.6 Å². The van der Waals surface area contributed by atoms with Gasteiger partial charge in [-0.25, -0.2) is 0 Å². The topological polar surface area (TPSA) is 56.2 Å². The van der Waals surface area contributed by atoms with E-state index in [0.29, 0.717) is 18.7 Å². The van der Waals surface area contributed by atoms with Crippen LogP contribution in [0, 0.1) is 0 Å².